The second kappa shape index (κ2) is 7.43. The number of hydrogen-bond donors (Lipinski definition) is 0. The van der Waals surface area contributed by atoms with E-state index in [0.717, 1.165) is 11.8 Å². The maximum atomic E-state index is 13.8. The lowest BCUT2D eigenvalue weighted by Gasteiger charge is -2.11. The summed E-state index contributed by atoms with van der Waals surface area (Å²) in [7, 11) is -3.94. The maximum absolute atomic E-state index is 13.8. The molecule has 0 N–H and O–H groups in total. The van der Waals surface area contributed by atoms with Crippen molar-refractivity contribution >= 4 is 38.9 Å². The van der Waals surface area contributed by atoms with E-state index in [4.69, 9.17) is 0 Å². The summed E-state index contributed by atoms with van der Waals surface area (Å²) in [4.78, 5) is 14.1. The number of halogens is 1. The van der Waals surface area contributed by atoms with E-state index in [1.807, 2.05) is 0 Å². The molecule has 2 aromatic rings. The van der Waals surface area contributed by atoms with Crippen LogP contribution in [0.25, 0.3) is 6.08 Å². The average molecular weight is 390 g/mol. The molecule has 0 aromatic heterocycles. The quantitative estimate of drug-likeness (QED) is 0.750. The minimum atomic E-state index is -3.94. The fraction of sp³-hybridized carbons (Fsp3) is 0.111. The number of amides is 1. The smallest absolute Gasteiger partial charge is 0.284 e. The second-order valence-corrected chi connectivity index (χ2v) is 7.96. The summed E-state index contributed by atoms with van der Waals surface area (Å²) in [6.07, 6.45) is 1.41. The van der Waals surface area contributed by atoms with Crippen LogP contribution < -0.4 is 0 Å². The van der Waals surface area contributed by atoms with Crippen molar-refractivity contribution in [2.75, 3.05) is 6.54 Å². The van der Waals surface area contributed by atoms with Crippen molar-refractivity contribution in [3.63, 3.8) is 0 Å². The largest absolute Gasteiger partial charge is 0.286 e. The Kier molecular flexibility index (Phi) is 5.24. The standard InChI is InChI=1S/C18H15FN2O3S2/c1-2-21-17(22)16(12-13-8-6-7-11-15(13)19)25-18(21)20-26(23,24)14-9-4-3-5-10-14/h3-12H,2H2,1H3. The van der Waals surface area contributed by atoms with Gasteiger partial charge in [0.2, 0.25) is 0 Å². The van der Waals surface area contributed by atoms with E-state index in [9.17, 15) is 17.6 Å². The van der Waals surface area contributed by atoms with Gasteiger partial charge < -0.3 is 0 Å². The van der Waals surface area contributed by atoms with Gasteiger partial charge in [-0.1, -0.05) is 36.4 Å². The molecule has 1 fully saturated rings. The molecule has 1 amide bonds. The molecule has 8 heteroatoms. The van der Waals surface area contributed by atoms with Crippen LogP contribution in [0.5, 0.6) is 0 Å². The topological polar surface area (TPSA) is 66.8 Å². The number of carbonyl (C=O) groups excluding carboxylic acids is 1. The van der Waals surface area contributed by atoms with Gasteiger partial charge in [0.1, 0.15) is 5.82 Å². The van der Waals surface area contributed by atoms with Crippen LogP contribution in [0, 0.1) is 5.82 Å². The molecule has 1 heterocycles. The number of thioether (sulfide) groups is 1. The van der Waals surface area contributed by atoms with Crippen molar-refractivity contribution in [3.8, 4) is 0 Å². The second-order valence-electron chi connectivity index (χ2n) is 5.34. The summed E-state index contributed by atoms with van der Waals surface area (Å²) >= 11 is 0.918. The summed E-state index contributed by atoms with van der Waals surface area (Å²) in [5.74, 6) is -0.860. The third-order valence-corrected chi connectivity index (χ3v) is 6.04. The maximum Gasteiger partial charge on any atom is 0.284 e. The van der Waals surface area contributed by atoms with Crippen LogP contribution in [-0.2, 0) is 14.8 Å². The first-order valence-corrected chi connectivity index (χ1v) is 10.0. The number of amidine groups is 1. The molecule has 2 aromatic carbocycles. The van der Waals surface area contributed by atoms with Crippen LogP contribution in [0.15, 0.2) is 68.8 Å². The lowest BCUT2D eigenvalue weighted by Crippen LogP contribution is -2.29. The van der Waals surface area contributed by atoms with Crippen LogP contribution in [0.3, 0.4) is 0 Å². The molecule has 0 unspecified atom stereocenters. The van der Waals surface area contributed by atoms with Gasteiger partial charge in [-0.2, -0.15) is 8.42 Å². The SMILES string of the molecule is CCN1C(=O)C(=Cc2ccccc2F)SC1=NS(=O)(=O)c1ccccc1. The van der Waals surface area contributed by atoms with Crippen molar-refractivity contribution in [2.45, 2.75) is 11.8 Å². The van der Waals surface area contributed by atoms with E-state index < -0.39 is 21.7 Å². The Balaban J connectivity index is 1.99. The number of nitrogens with zero attached hydrogens (tertiary/aromatic N) is 2. The molecule has 0 aliphatic carbocycles. The van der Waals surface area contributed by atoms with E-state index in [-0.39, 0.29) is 27.1 Å². The van der Waals surface area contributed by atoms with E-state index in [0.29, 0.717) is 0 Å². The molecule has 1 aliphatic rings. The van der Waals surface area contributed by atoms with E-state index in [2.05, 4.69) is 4.40 Å². The first-order valence-electron chi connectivity index (χ1n) is 7.78. The van der Waals surface area contributed by atoms with Gasteiger partial charge in [0, 0.05) is 12.1 Å². The number of likely N-dealkylation sites (N-methyl/N-ethyl adjacent to an activating group) is 1. The lowest BCUT2D eigenvalue weighted by molar-refractivity contribution is -0.122. The van der Waals surface area contributed by atoms with Gasteiger partial charge in [0.05, 0.1) is 9.80 Å². The highest BCUT2D eigenvalue weighted by Gasteiger charge is 2.34. The molecule has 1 aliphatic heterocycles. The van der Waals surface area contributed by atoms with E-state index >= 15 is 0 Å². The van der Waals surface area contributed by atoms with Crippen LogP contribution >= 0.6 is 11.8 Å². The number of sulfonamides is 1. The first kappa shape index (κ1) is 18.3. The molecule has 5 nitrogen and oxygen atoms in total. The zero-order chi connectivity index (χ0) is 18.7. The molecular formula is C18H15FN2O3S2. The van der Waals surface area contributed by atoms with Crippen LogP contribution in [0.2, 0.25) is 0 Å². The molecule has 3 rings (SSSR count). The monoisotopic (exact) mass is 390 g/mol. The highest BCUT2D eigenvalue weighted by Crippen LogP contribution is 2.33. The van der Waals surface area contributed by atoms with Gasteiger partial charge in [-0.05, 0) is 43.0 Å². The Morgan fingerprint density at radius 2 is 1.77 bits per heavy atom. The molecular weight excluding hydrogens is 375 g/mol. The van der Waals surface area contributed by atoms with E-state index in [1.165, 1.54) is 29.2 Å². The molecule has 0 bridgehead atoms. The van der Waals surface area contributed by atoms with Crippen molar-refractivity contribution in [1.82, 2.24) is 4.90 Å². The van der Waals surface area contributed by atoms with Gasteiger partial charge >= 0.3 is 0 Å². The Hall–Kier alpha value is -2.45. The van der Waals surface area contributed by atoms with Gasteiger partial charge in [0.25, 0.3) is 15.9 Å². The first-order chi connectivity index (χ1) is 12.4. The molecule has 26 heavy (non-hydrogen) atoms. The number of benzene rings is 2. The van der Waals surface area contributed by atoms with Crippen molar-refractivity contribution < 1.29 is 17.6 Å². The van der Waals surface area contributed by atoms with Crippen molar-refractivity contribution in [2.24, 2.45) is 4.40 Å². The van der Waals surface area contributed by atoms with E-state index in [1.54, 1.807) is 43.3 Å². The minimum absolute atomic E-state index is 0.0446. The van der Waals surface area contributed by atoms with Crippen molar-refractivity contribution in [3.05, 3.63) is 70.9 Å². The van der Waals surface area contributed by atoms with Crippen LogP contribution in [0.4, 0.5) is 4.39 Å². The van der Waals surface area contributed by atoms with Crippen LogP contribution in [0.1, 0.15) is 12.5 Å². The minimum Gasteiger partial charge on any atom is -0.286 e. The molecule has 0 saturated carbocycles. The third kappa shape index (κ3) is 3.71. The zero-order valence-corrected chi connectivity index (χ0v) is 15.4. The Labute approximate surface area is 155 Å². The molecule has 1 saturated heterocycles. The van der Waals surface area contributed by atoms with Gasteiger partial charge in [-0.15, -0.1) is 4.40 Å². The van der Waals surface area contributed by atoms with Gasteiger partial charge in [-0.3, -0.25) is 9.69 Å². The predicted octanol–water partition coefficient (Wildman–Crippen LogP) is 3.51. The summed E-state index contributed by atoms with van der Waals surface area (Å²) in [6, 6.07) is 13.8. The highest BCUT2D eigenvalue weighted by atomic mass is 32.2. The normalized spacial score (nSPS) is 18.1. The highest BCUT2D eigenvalue weighted by molar-refractivity contribution is 8.19. The Bertz CT molecular complexity index is 1000. The zero-order valence-electron chi connectivity index (χ0n) is 13.8. The van der Waals surface area contributed by atoms with Gasteiger partial charge in [0.15, 0.2) is 5.17 Å². The molecule has 0 spiro atoms. The summed E-state index contributed by atoms with van der Waals surface area (Å²) < 4.78 is 42.6. The fourth-order valence-electron chi connectivity index (χ4n) is 2.34. The fourth-order valence-corrected chi connectivity index (χ4v) is 4.59. The number of rotatable bonds is 4. The van der Waals surface area contributed by atoms with Crippen LogP contribution in [-0.4, -0.2) is 30.9 Å². The summed E-state index contributed by atoms with van der Waals surface area (Å²) in [5.41, 5.74) is 0.256. The number of carbonyl (C=O) groups is 1. The third-order valence-electron chi connectivity index (χ3n) is 3.64. The number of hydrogen-bond acceptors (Lipinski definition) is 4. The predicted molar refractivity (Wildman–Crippen MR) is 100 cm³/mol. The molecule has 0 radical (unpaired) electrons. The van der Waals surface area contributed by atoms with Gasteiger partial charge in [-0.25, -0.2) is 4.39 Å². The Morgan fingerprint density at radius 1 is 1.12 bits per heavy atom. The van der Waals surface area contributed by atoms with Crippen molar-refractivity contribution in [1.29, 1.82) is 0 Å². The molecule has 0 atom stereocenters. The Morgan fingerprint density at radius 3 is 2.42 bits per heavy atom. The summed E-state index contributed by atoms with van der Waals surface area (Å²) in [6.45, 7) is 1.97. The average Bonchev–Trinajstić information content (AvgIpc) is 2.91. The lowest BCUT2D eigenvalue weighted by atomic mass is 10.2. The summed E-state index contributed by atoms with van der Waals surface area (Å²) in [5, 5.41) is 0.0592. The molecule has 134 valence electrons.